The molecule has 1 fully saturated rings. The maximum absolute atomic E-state index is 17.3. The highest BCUT2D eigenvalue weighted by atomic mass is 28.4. The molecule has 0 bridgehead atoms. The van der Waals surface area contributed by atoms with E-state index >= 15 is 9.18 Å². The molecule has 61 heavy (non-hydrogen) atoms. The van der Waals surface area contributed by atoms with Crippen LogP contribution >= 0.6 is 0 Å². The number of benzene rings is 4. The first-order valence-electron chi connectivity index (χ1n) is 20.7. The van der Waals surface area contributed by atoms with Crippen LogP contribution in [0, 0.1) is 17.2 Å². The number of hydrogen-bond donors (Lipinski definition) is 3. The number of ketones is 2. The fourth-order valence-corrected chi connectivity index (χ4v) is 10.7. The molecule has 1 unspecified atom stereocenters. The Morgan fingerprint density at radius 1 is 0.902 bits per heavy atom. The minimum absolute atomic E-state index is 0.00637. The molecule has 0 spiro atoms. The van der Waals surface area contributed by atoms with E-state index < -0.39 is 76.7 Å². The highest BCUT2D eigenvalue weighted by molar-refractivity contribution is 6.74. The molecule has 4 N–H and O–H groups in total. The van der Waals surface area contributed by atoms with Crippen molar-refractivity contribution in [3.05, 3.63) is 148 Å². The minimum atomic E-state index is -3.08. The van der Waals surface area contributed by atoms with Crippen LogP contribution in [0.1, 0.15) is 61.9 Å². The van der Waals surface area contributed by atoms with Crippen LogP contribution in [0.15, 0.2) is 114 Å². The number of amides is 1. The van der Waals surface area contributed by atoms with Crippen molar-refractivity contribution >= 4 is 37.2 Å². The second kappa shape index (κ2) is 16.0. The molecule has 1 saturated carbocycles. The molecule has 0 aliphatic heterocycles. The first kappa shape index (κ1) is 43.5. The number of primary amides is 1. The lowest BCUT2D eigenvalue weighted by Gasteiger charge is -2.58. The van der Waals surface area contributed by atoms with Gasteiger partial charge < -0.3 is 30.0 Å². The van der Waals surface area contributed by atoms with Crippen LogP contribution < -0.4 is 15.4 Å². The average molecular weight is 846 g/mol. The SMILES string of the molecule is CN(C)[C@@H]1C(=O)C(C(N)=O)=C(O)C2(O[Si](C)(C)C(C)(C)C)C(=O)C3=C(O)c4c(c(F)cc(N(Cc5ccccc5)Cc5ccccc5)c4OCc4ccccc4)C[C@@]3(C)C[C@@H]12. The van der Waals surface area contributed by atoms with Gasteiger partial charge in [-0.25, -0.2) is 4.39 Å². The Hall–Kier alpha value is -5.56. The second-order valence-electron chi connectivity index (χ2n) is 18.7. The van der Waals surface area contributed by atoms with E-state index in [-0.39, 0.29) is 41.9 Å². The van der Waals surface area contributed by atoms with Crippen molar-refractivity contribution in [3.63, 3.8) is 0 Å². The molecule has 320 valence electrons. The van der Waals surface area contributed by atoms with Crippen molar-refractivity contribution in [1.82, 2.24) is 4.90 Å². The van der Waals surface area contributed by atoms with Gasteiger partial charge in [0.2, 0.25) is 5.78 Å². The van der Waals surface area contributed by atoms with Crippen molar-refractivity contribution in [2.75, 3.05) is 19.0 Å². The number of aliphatic hydroxyl groups is 2. The molecule has 4 atom stereocenters. The van der Waals surface area contributed by atoms with Crippen LogP contribution in [0.3, 0.4) is 0 Å². The van der Waals surface area contributed by atoms with Crippen LogP contribution in [-0.4, -0.2) is 66.6 Å². The molecule has 4 aromatic rings. The first-order valence-corrected chi connectivity index (χ1v) is 23.6. The van der Waals surface area contributed by atoms with Crippen LogP contribution in [0.25, 0.3) is 5.76 Å². The van der Waals surface area contributed by atoms with Gasteiger partial charge in [-0.1, -0.05) is 119 Å². The molecule has 7 rings (SSSR count). The summed E-state index contributed by atoms with van der Waals surface area (Å²) in [4.78, 5) is 46.9. The summed E-state index contributed by atoms with van der Waals surface area (Å²) in [5.74, 6) is -5.57. The molecule has 3 aliphatic carbocycles. The van der Waals surface area contributed by atoms with Crippen molar-refractivity contribution < 1.29 is 38.1 Å². The van der Waals surface area contributed by atoms with Crippen LogP contribution in [-0.2, 0) is 44.9 Å². The standard InChI is InChI=1S/C49H56FN3O7Si/c1-47(2,3)61(7,8)60-49-34(40(52(5)6)42(55)38(44(49)56)46(51)58)26-48(4)25-33-35(50)24-36(53(27-30-18-12-9-13-19-30)28-31-20-14-10-15-21-31)43(37(33)41(54)39(48)45(49)57)59-29-32-22-16-11-17-23-32/h9-24,34,40,54,56H,25-29H2,1-8H3,(H2,51,58)/t34-,40-,48-,49?/m0/s1. The number of fused-ring (bicyclic) bond motifs is 3. The predicted molar refractivity (Wildman–Crippen MR) is 237 cm³/mol. The lowest BCUT2D eigenvalue weighted by molar-refractivity contribution is -0.154. The van der Waals surface area contributed by atoms with Gasteiger partial charge >= 0.3 is 0 Å². The molecule has 10 nitrogen and oxygen atoms in total. The molecule has 0 aromatic heterocycles. The number of anilines is 1. The van der Waals surface area contributed by atoms with E-state index in [9.17, 15) is 19.8 Å². The van der Waals surface area contributed by atoms with Gasteiger partial charge in [0.25, 0.3) is 5.91 Å². The molecule has 0 radical (unpaired) electrons. The quantitative estimate of drug-likeness (QED) is 0.0944. The summed E-state index contributed by atoms with van der Waals surface area (Å²) in [6, 6.07) is 29.3. The van der Waals surface area contributed by atoms with E-state index in [2.05, 4.69) is 0 Å². The maximum Gasteiger partial charge on any atom is 0.255 e. The molecule has 12 heteroatoms. The van der Waals surface area contributed by atoms with Gasteiger partial charge in [0.05, 0.1) is 17.3 Å². The topological polar surface area (TPSA) is 143 Å². The van der Waals surface area contributed by atoms with Crippen molar-refractivity contribution in [3.8, 4) is 5.75 Å². The number of likely N-dealkylation sites (N-methyl/N-ethyl adjacent to an activating group) is 1. The first-order chi connectivity index (χ1) is 28.7. The number of ether oxygens (including phenoxy) is 1. The number of aliphatic hydroxyl groups excluding tert-OH is 2. The number of carbonyl (C=O) groups excluding carboxylic acids is 3. The van der Waals surface area contributed by atoms with E-state index in [1.165, 1.54) is 6.07 Å². The third-order valence-corrected chi connectivity index (χ3v) is 17.7. The summed E-state index contributed by atoms with van der Waals surface area (Å²) < 4.78 is 31.1. The van der Waals surface area contributed by atoms with Gasteiger partial charge in [-0.3, -0.25) is 19.3 Å². The summed E-state index contributed by atoms with van der Waals surface area (Å²) in [5.41, 5.74) is 4.74. The third kappa shape index (κ3) is 7.59. The van der Waals surface area contributed by atoms with E-state index in [0.29, 0.717) is 18.8 Å². The Labute approximate surface area is 358 Å². The van der Waals surface area contributed by atoms with Crippen molar-refractivity contribution in [1.29, 1.82) is 0 Å². The Morgan fingerprint density at radius 3 is 1.92 bits per heavy atom. The largest absolute Gasteiger partial charge is 0.508 e. The molecule has 4 aromatic carbocycles. The van der Waals surface area contributed by atoms with Gasteiger partial charge in [0.1, 0.15) is 29.5 Å². The second-order valence-corrected chi connectivity index (χ2v) is 23.4. The van der Waals surface area contributed by atoms with Crippen molar-refractivity contribution in [2.24, 2.45) is 17.1 Å². The fraction of sp³-hybridized carbons (Fsp3) is 0.367. The Bertz CT molecular complexity index is 2390. The summed E-state index contributed by atoms with van der Waals surface area (Å²) in [6.07, 6.45) is -0.0424. The van der Waals surface area contributed by atoms with E-state index in [1.54, 1.807) is 25.9 Å². The van der Waals surface area contributed by atoms with Gasteiger partial charge in [-0.2, -0.15) is 0 Å². The van der Waals surface area contributed by atoms with Crippen LogP contribution in [0.2, 0.25) is 18.1 Å². The highest BCUT2D eigenvalue weighted by Crippen LogP contribution is 2.61. The number of rotatable bonds is 12. The molecular formula is C49H56FN3O7Si. The average Bonchev–Trinajstić information content (AvgIpc) is 3.19. The van der Waals surface area contributed by atoms with Crippen LogP contribution in [0.4, 0.5) is 10.1 Å². The number of hydrogen-bond acceptors (Lipinski definition) is 9. The predicted octanol–water partition coefficient (Wildman–Crippen LogP) is 8.60. The van der Waals surface area contributed by atoms with E-state index in [0.717, 1.165) is 16.7 Å². The lowest BCUT2D eigenvalue weighted by Crippen LogP contribution is -2.70. The monoisotopic (exact) mass is 845 g/mol. The fourth-order valence-electron chi connectivity index (χ4n) is 9.26. The molecule has 3 aliphatic rings. The van der Waals surface area contributed by atoms with Gasteiger partial charge in [-0.05, 0) is 61.8 Å². The Kier molecular flexibility index (Phi) is 11.4. The zero-order valence-electron chi connectivity index (χ0n) is 36.2. The number of nitrogens with two attached hydrogens (primary N) is 1. The number of carbonyl (C=O) groups is 3. The normalized spacial score (nSPS) is 22.8. The number of nitrogens with zero attached hydrogens (tertiary/aromatic N) is 2. The maximum atomic E-state index is 17.3. The molecule has 0 heterocycles. The third-order valence-electron chi connectivity index (χ3n) is 13.2. The number of halogens is 1. The van der Waals surface area contributed by atoms with E-state index in [4.69, 9.17) is 14.9 Å². The summed E-state index contributed by atoms with van der Waals surface area (Å²) in [5, 5.41) is 24.7. The van der Waals surface area contributed by atoms with Gasteiger partial charge in [0.15, 0.2) is 25.5 Å². The minimum Gasteiger partial charge on any atom is -0.508 e. The van der Waals surface area contributed by atoms with E-state index in [1.807, 2.05) is 130 Å². The molecule has 0 saturated heterocycles. The number of Topliss-reactive ketones (excluding diaryl/α,β-unsaturated/α-hetero) is 2. The van der Waals surface area contributed by atoms with Gasteiger partial charge in [-0.15, -0.1) is 0 Å². The molecular weight excluding hydrogens is 790 g/mol. The Morgan fingerprint density at radius 2 is 1.43 bits per heavy atom. The Balaban J connectivity index is 1.52. The summed E-state index contributed by atoms with van der Waals surface area (Å²) >= 11 is 0. The lowest BCUT2D eigenvalue weighted by atomic mass is 9.52. The van der Waals surface area contributed by atoms with Gasteiger partial charge in [0, 0.05) is 41.6 Å². The van der Waals surface area contributed by atoms with Crippen LogP contribution in [0.5, 0.6) is 5.75 Å². The van der Waals surface area contributed by atoms with Crippen molar-refractivity contribution in [2.45, 2.75) is 90.0 Å². The highest BCUT2D eigenvalue weighted by Gasteiger charge is 2.69. The zero-order chi connectivity index (χ0) is 44.2. The zero-order valence-corrected chi connectivity index (χ0v) is 37.2. The summed E-state index contributed by atoms with van der Waals surface area (Å²) in [7, 11) is 0.227. The molecule has 1 amide bonds. The summed E-state index contributed by atoms with van der Waals surface area (Å²) in [6.45, 7) is 12.3. The smallest absolute Gasteiger partial charge is 0.255 e.